The third-order valence-electron chi connectivity index (χ3n) is 3.44. The zero-order valence-electron chi connectivity index (χ0n) is 8.86. The lowest BCUT2D eigenvalue weighted by Crippen LogP contribution is -2.37. The van der Waals surface area contributed by atoms with Crippen molar-refractivity contribution in [1.82, 2.24) is 0 Å². The predicted molar refractivity (Wildman–Crippen MR) is 60.0 cm³/mol. The van der Waals surface area contributed by atoms with Gasteiger partial charge in [0.1, 0.15) is 5.75 Å². The first kappa shape index (κ1) is 9.22. The molecule has 0 aromatic heterocycles. The Morgan fingerprint density at radius 2 is 2.00 bits per heavy atom. The van der Waals surface area contributed by atoms with E-state index < -0.39 is 0 Å². The molecule has 0 bridgehead atoms. The van der Waals surface area contributed by atoms with Gasteiger partial charge in [0.05, 0.1) is 6.10 Å². The van der Waals surface area contributed by atoms with Gasteiger partial charge in [0.2, 0.25) is 0 Å². The molecule has 2 N–H and O–H groups in total. The van der Waals surface area contributed by atoms with E-state index >= 15 is 0 Å². The molecule has 0 aliphatic heterocycles. The maximum absolute atomic E-state index is 5.98. The molecule has 2 unspecified atom stereocenters. The van der Waals surface area contributed by atoms with E-state index in [2.05, 4.69) is 18.2 Å². The Balaban J connectivity index is 1.76. The van der Waals surface area contributed by atoms with Crippen LogP contribution >= 0.6 is 0 Å². The molecule has 2 fully saturated rings. The molecule has 80 valence electrons. The minimum Gasteiger partial charge on any atom is -0.490 e. The molecule has 3 rings (SSSR count). The summed E-state index contributed by atoms with van der Waals surface area (Å²) < 4.78 is 5.78. The van der Waals surface area contributed by atoms with Crippen molar-refractivity contribution in [2.75, 3.05) is 0 Å². The highest BCUT2D eigenvalue weighted by Gasteiger charge is 2.29. The van der Waals surface area contributed by atoms with Crippen molar-refractivity contribution in [2.45, 2.75) is 43.7 Å². The van der Waals surface area contributed by atoms with Gasteiger partial charge in [-0.1, -0.05) is 12.1 Å². The molecule has 2 atom stereocenters. The summed E-state index contributed by atoms with van der Waals surface area (Å²) in [6, 6.07) is 8.83. The minimum absolute atomic E-state index is 0.362. The van der Waals surface area contributed by atoms with Gasteiger partial charge < -0.3 is 10.5 Å². The zero-order chi connectivity index (χ0) is 10.3. The SMILES string of the molecule is NC1CCC1c1cccc(OC2CC2)c1. The van der Waals surface area contributed by atoms with Crippen LogP contribution in [0.3, 0.4) is 0 Å². The van der Waals surface area contributed by atoms with Crippen LogP contribution in [-0.4, -0.2) is 12.1 Å². The van der Waals surface area contributed by atoms with E-state index in [0.29, 0.717) is 18.1 Å². The van der Waals surface area contributed by atoms with Gasteiger partial charge in [-0.2, -0.15) is 0 Å². The summed E-state index contributed by atoms with van der Waals surface area (Å²) in [4.78, 5) is 0. The van der Waals surface area contributed by atoms with Crippen molar-refractivity contribution in [3.8, 4) is 5.75 Å². The normalized spacial score (nSPS) is 29.7. The van der Waals surface area contributed by atoms with Gasteiger partial charge >= 0.3 is 0 Å². The molecule has 2 nitrogen and oxygen atoms in total. The van der Waals surface area contributed by atoms with Crippen molar-refractivity contribution in [2.24, 2.45) is 5.73 Å². The predicted octanol–water partition coefficient (Wildman–Crippen LogP) is 2.43. The van der Waals surface area contributed by atoms with E-state index in [9.17, 15) is 0 Å². The highest BCUT2D eigenvalue weighted by atomic mass is 16.5. The van der Waals surface area contributed by atoms with Crippen LogP contribution in [0.15, 0.2) is 24.3 Å². The van der Waals surface area contributed by atoms with Crippen LogP contribution in [0.5, 0.6) is 5.75 Å². The molecule has 2 aliphatic carbocycles. The second kappa shape index (κ2) is 3.53. The van der Waals surface area contributed by atoms with E-state index in [1.807, 2.05) is 6.07 Å². The van der Waals surface area contributed by atoms with E-state index in [-0.39, 0.29) is 0 Å². The molecule has 2 aliphatic rings. The zero-order valence-corrected chi connectivity index (χ0v) is 8.86. The summed E-state index contributed by atoms with van der Waals surface area (Å²) in [6.07, 6.45) is 5.31. The summed E-state index contributed by atoms with van der Waals surface area (Å²) in [5.41, 5.74) is 7.33. The van der Waals surface area contributed by atoms with Gasteiger partial charge in [0.25, 0.3) is 0 Å². The first-order valence-electron chi connectivity index (χ1n) is 5.85. The lowest BCUT2D eigenvalue weighted by molar-refractivity contribution is 0.300. The minimum atomic E-state index is 0.362. The Morgan fingerprint density at radius 3 is 2.60 bits per heavy atom. The molecule has 0 amide bonds. The maximum atomic E-state index is 5.98. The molecule has 15 heavy (non-hydrogen) atoms. The Labute approximate surface area is 90.4 Å². The summed E-state index contributed by atoms with van der Waals surface area (Å²) in [6.45, 7) is 0. The number of ether oxygens (including phenoxy) is 1. The van der Waals surface area contributed by atoms with Crippen molar-refractivity contribution in [3.05, 3.63) is 29.8 Å². The van der Waals surface area contributed by atoms with Crippen molar-refractivity contribution in [3.63, 3.8) is 0 Å². The number of nitrogens with two attached hydrogens (primary N) is 1. The first-order valence-corrected chi connectivity index (χ1v) is 5.85. The fourth-order valence-corrected chi connectivity index (χ4v) is 2.14. The lowest BCUT2D eigenvalue weighted by atomic mass is 9.76. The third-order valence-corrected chi connectivity index (χ3v) is 3.44. The second-order valence-corrected chi connectivity index (χ2v) is 4.74. The molecule has 0 radical (unpaired) electrons. The van der Waals surface area contributed by atoms with Gasteiger partial charge in [-0.3, -0.25) is 0 Å². The Kier molecular flexibility index (Phi) is 2.17. The summed E-state index contributed by atoms with van der Waals surface area (Å²) in [5, 5.41) is 0. The van der Waals surface area contributed by atoms with Gasteiger partial charge in [0, 0.05) is 6.04 Å². The lowest BCUT2D eigenvalue weighted by Gasteiger charge is -2.34. The molecule has 0 saturated heterocycles. The second-order valence-electron chi connectivity index (χ2n) is 4.74. The molecule has 0 heterocycles. The van der Waals surface area contributed by atoms with Gasteiger partial charge in [0.15, 0.2) is 0 Å². The number of hydrogen-bond acceptors (Lipinski definition) is 2. The summed E-state index contributed by atoms with van der Waals surface area (Å²) in [7, 11) is 0. The van der Waals surface area contributed by atoms with Crippen LogP contribution in [0.2, 0.25) is 0 Å². The topological polar surface area (TPSA) is 35.2 Å². The molecule has 0 spiro atoms. The molecule has 1 aromatic rings. The highest BCUT2D eigenvalue weighted by molar-refractivity contribution is 5.33. The highest BCUT2D eigenvalue weighted by Crippen LogP contribution is 2.37. The largest absolute Gasteiger partial charge is 0.490 e. The van der Waals surface area contributed by atoms with Crippen LogP contribution < -0.4 is 10.5 Å². The van der Waals surface area contributed by atoms with Crippen molar-refractivity contribution >= 4 is 0 Å². The monoisotopic (exact) mass is 203 g/mol. The molecule has 1 aromatic carbocycles. The van der Waals surface area contributed by atoms with E-state index in [0.717, 1.165) is 5.75 Å². The maximum Gasteiger partial charge on any atom is 0.120 e. The van der Waals surface area contributed by atoms with Crippen molar-refractivity contribution < 1.29 is 4.74 Å². The average molecular weight is 203 g/mol. The standard InChI is InChI=1S/C13H17NO/c14-13-7-6-12(13)9-2-1-3-11(8-9)15-10-4-5-10/h1-3,8,10,12-13H,4-7,14H2. The summed E-state index contributed by atoms with van der Waals surface area (Å²) in [5.74, 6) is 1.59. The van der Waals surface area contributed by atoms with Gasteiger partial charge in [-0.15, -0.1) is 0 Å². The molecular weight excluding hydrogens is 186 g/mol. The quantitative estimate of drug-likeness (QED) is 0.819. The van der Waals surface area contributed by atoms with E-state index in [1.165, 1.54) is 31.2 Å². The average Bonchev–Trinajstić information content (AvgIpc) is 3.00. The fourth-order valence-electron chi connectivity index (χ4n) is 2.14. The molecular formula is C13H17NO. The van der Waals surface area contributed by atoms with E-state index in [4.69, 9.17) is 10.5 Å². The summed E-state index contributed by atoms with van der Waals surface area (Å²) >= 11 is 0. The van der Waals surface area contributed by atoms with Crippen molar-refractivity contribution in [1.29, 1.82) is 0 Å². The van der Waals surface area contributed by atoms with Crippen LogP contribution in [-0.2, 0) is 0 Å². The van der Waals surface area contributed by atoms with Gasteiger partial charge in [-0.05, 0) is 49.3 Å². The number of rotatable bonds is 3. The van der Waals surface area contributed by atoms with Gasteiger partial charge in [-0.25, -0.2) is 0 Å². The Bertz CT molecular complexity index is 359. The van der Waals surface area contributed by atoms with Crippen LogP contribution in [0.1, 0.15) is 37.2 Å². The third kappa shape index (κ3) is 1.86. The van der Waals surface area contributed by atoms with Crippen LogP contribution in [0.25, 0.3) is 0 Å². The number of hydrogen-bond donors (Lipinski definition) is 1. The van der Waals surface area contributed by atoms with Crippen LogP contribution in [0, 0.1) is 0 Å². The molecule has 2 heteroatoms. The van der Waals surface area contributed by atoms with E-state index in [1.54, 1.807) is 0 Å². The smallest absolute Gasteiger partial charge is 0.120 e. The fraction of sp³-hybridized carbons (Fsp3) is 0.538. The number of benzene rings is 1. The van der Waals surface area contributed by atoms with Crippen LogP contribution in [0.4, 0.5) is 0 Å². The Hall–Kier alpha value is -1.02. The first-order chi connectivity index (χ1) is 7.33. The molecule has 2 saturated carbocycles. The Morgan fingerprint density at radius 1 is 1.13 bits per heavy atom.